The minimum atomic E-state index is -1.44. The van der Waals surface area contributed by atoms with Gasteiger partial charge in [0.2, 0.25) is 0 Å². The second-order valence-electron chi connectivity index (χ2n) is 4.02. The van der Waals surface area contributed by atoms with Gasteiger partial charge in [-0.05, 0) is 30.2 Å². The van der Waals surface area contributed by atoms with Crippen molar-refractivity contribution in [3.63, 3.8) is 0 Å². The van der Waals surface area contributed by atoms with E-state index in [2.05, 4.69) is 15.9 Å². The van der Waals surface area contributed by atoms with Gasteiger partial charge in [-0.1, -0.05) is 29.3 Å². The summed E-state index contributed by atoms with van der Waals surface area (Å²) >= 11 is 3.29. The lowest BCUT2D eigenvalue weighted by atomic mass is 9.92. The highest BCUT2D eigenvalue weighted by atomic mass is 79.9. The lowest BCUT2D eigenvalue weighted by Crippen LogP contribution is -2.35. The molecule has 1 nitrogen and oxygen atoms in total. The van der Waals surface area contributed by atoms with Crippen molar-refractivity contribution >= 4 is 15.9 Å². The van der Waals surface area contributed by atoms with E-state index in [1.807, 2.05) is 6.92 Å². The molecule has 0 aliphatic heterocycles. The Balaban J connectivity index is 2.89. The molecule has 1 aromatic rings. The molecule has 0 heterocycles. The van der Waals surface area contributed by atoms with Crippen LogP contribution in [0.3, 0.4) is 0 Å². The highest BCUT2D eigenvalue weighted by Crippen LogP contribution is 2.27. The topological polar surface area (TPSA) is 26.0 Å². The summed E-state index contributed by atoms with van der Waals surface area (Å²) in [6, 6.07) is 4.28. The average Bonchev–Trinajstić information content (AvgIpc) is 2.24. The molecule has 0 aliphatic carbocycles. The minimum absolute atomic E-state index is 0.0379. The largest absolute Gasteiger partial charge is 0.328 e. The van der Waals surface area contributed by atoms with Crippen molar-refractivity contribution in [1.29, 1.82) is 0 Å². The number of hydrogen-bond donors (Lipinski definition) is 1. The van der Waals surface area contributed by atoms with Gasteiger partial charge in [0, 0.05) is 17.4 Å². The molecule has 0 aromatic heterocycles. The van der Waals surface area contributed by atoms with Gasteiger partial charge in [0.05, 0.1) is 0 Å². The monoisotopic (exact) mass is 291 g/mol. The van der Waals surface area contributed by atoms with E-state index in [0.717, 1.165) is 10.9 Å². The Kier molecular flexibility index (Phi) is 4.87. The molecule has 0 saturated heterocycles. The number of benzene rings is 1. The summed E-state index contributed by atoms with van der Waals surface area (Å²) in [5, 5.41) is 0. The molecule has 90 valence electrons. The average molecular weight is 292 g/mol. The van der Waals surface area contributed by atoms with Crippen LogP contribution in [-0.4, -0.2) is 12.2 Å². The van der Waals surface area contributed by atoms with Crippen molar-refractivity contribution in [2.24, 2.45) is 5.73 Å². The molecule has 0 amide bonds. The van der Waals surface area contributed by atoms with Crippen LogP contribution in [0.1, 0.15) is 25.3 Å². The fourth-order valence-corrected chi connectivity index (χ4v) is 2.12. The van der Waals surface area contributed by atoms with Crippen molar-refractivity contribution in [3.8, 4) is 0 Å². The zero-order valence-electron chi connectivity index (χ0n) is 9.27. The van der Waals surface area contributed by atoms with Crippen LogP contribution in [0.4, 0.5) is 8.78 Å². The van der Waals surface area contributed by atoms with Crippen LogP contribution in [0.25, 0.3) is 0 Å². The van der Waals surface area contributed by atoms with E-state index in [1.54, 1.807) is 6.07 Å². The highest BCUT2D eigenvalue weighted by Gasteiger charge is 2.28. The van der Waals surface area contributed by atoms with Gasteiger partial charge in [0.25, 0.3) is 0 Å². The van der Waals surface area contributed by atoms with Crippen LogP contribution >= 0.6 is 15.9 Å². The molecule has 0 fully saturated rings. The lowest BCUT2D eigenvalue weighted by molar-refractivity contribution is 0.158. The number of halogens is 3. The van der Waals surface area contributed by atoms with Crippen molar-refractivity contribution in [3.05, 3.63) is 34.1 Å². The molecule has 0 aliphatic rings. The summed E-state index contributed by atoms with van der Waals surface area (Å²) in [5.41, 5.74) is 4.63. The molecular weight excluding hydrogens is 276 g/mol. The maximum atomic E-state index is 14.3. The highest BCUT2D eigenvalue weighted by molar-refractivity contribution is 9.10. The number of alkyl halides is 1. The molecular formula is C12H16BrF2N. The predicted molar refractivity (Wildman–Crippen MR) is 65.6 cm³/mol. The lowest BCUT2D eigenvalue weighted by Gasteiger charge is -2.23. The Morgan fingerprint density at radius 2 is 2.12 bits per heavy atom. The van der Waals surface area contributed by atoms with Crippen LogP contribution in [0.15, 0.2) is 22.7 Å². The van der Waals surface area contributed by atoms with Crippen LogP contribution < -0.4 is 5.73 Å². The van der Waals surface area contributed by atoms with Gasteiger partial charge in [0.15, 0.2) is 0 Å². The molecule has 0 bridgehead atoms. The Morgan fingerprint density at radius 3 is 2.69 bits per heavy atom. The second kappa shape index (κ2) is 5.73. The molecule has 1 unspecified atom stereocenters. The van der Waals surface area contributed by atoms with Crippen LogP contribution in [0.5, 0.6) is 0 Å². The normalized spacial score (nSPS) is 14.8. The molecule has 1 atom stereocenters. The maximum Gasteiger partial charge on any atom is 0.127 e. The van der Waals surface area contributed by atoms with E-state index in [0.29, 0.717) is 12.0 Å². The number of hydrogen-bond acceptors (Lipinski definition) is 1. The second-order valence-corrected chi connectivity index (χ2v) is 4.87. The van der Waals surface area contributed by atoms with E-state index < -0.39 is 5.67 Å². The summed E-state index contributed by atoms with van der Waals surface area (Å²) in [7, 11) is 0. The van der Waals surface area contributed by atoms with E-state index in [4.69, 9.17) is 5.73 Å². The van der Waals surface area contributed by atoms with Crippen molar-refractivity contribution in [2.45, 2.75) is 31.9 Å². The first kappa shape index (κ1) is 13.6. The molecule has 4 heteroatoms. The van der Waals surface area contributed by atoms with E-state index in [-0.39, 0.29) is 18.8 Å². The smallest absolute Gasteiger partial charge is 0.127 e. The van der Waals surface area contributed by atoms with Gasteiger partial charge in [0.1, 0.15) is 11.5 Å². The van der Waals surface area contributed by atoms with Crippen LogP contribution in [0, 0.1) is 5.82 Å². The molecule has 0 radical (unpaired) electrons. The maximum absolute atomic E-state index is 14.3. The summed E-state index contributed by atoms with van der Waals surface area (Å²) in [5.74, 6) is -0.353. The molecule has 0 saturated carbocycles. The zero-order chi connectivity index (χ0) is 12.2. The summed E-state index contributed by atoms with van der Waals surface area (Å²) in [6.07, 6.45) is 1.27. The fourth-order valence-electron chi connectivity index (χ4n) is 1.73. The molecule has 16 heavy (non-hydrogen) atoms. The van der Waals surface area contributed by atoms with E-state index in [9.17, 15) is 8.78 Å². The summed E-state index contributed by atoms with van der Waals surface area (Å²) < 4.78 is 28.0. The first-order valence-electron chi connectivity index (χ1n) is 5.33. The quantitative estimate of drug-likeness (QED) is 0.881. The zero-order valence-corrected chi connectivity index (χ0v) is 10.9. The fraction of sp³-hybridized carbons (Fsp3) is 0.500. The van der Waals surface area contributed by atoms with Crippen LogP contribution in [0.2, 0.25) is 0 Å². The third kappa shape index (κ3) is 3.52. The molecule has 2 N–H and O–H groups in total. The summed E-state index contributed by atoms with van der Waals surface area (Å²) in [6.45, 7) is 1.87. The summed E-state index contributed by atoms with van der Waals surface area (Å²) in [4.78, 5) is 0. The number of rotatable bonds is 5. The first-order valence-corrected chi connectivity index (χ1v) is 6.13. The minimum Gasteiger partial charge on any atom is -0.328 e. The van der Waals surface area contributed by atoms with Gasteiger partial charge < -0.3 is 5.73 Å². The predicted octanol–water partition coefficient (Wildman–Crippen LogP) is 3.60. The molecule has 1 rings (SSSR count). The third-order valence-corrected chi connectivity index (χ3v) is 3.35. The van der Waals surface area contributed by atoms with Crippen molar-refractivity contribution in [2.75, 3.05) is 6.54 Å². The SMILES string of the molecule is CCCC(F)(CN)Cc1cc(F)ccc1Br. The van der Waals surface area contributed by atoms with E-state index in [1.165, 1.54) is 12.1 Å². The molecule has 0 spiro atoms. The third-order valence-electron chi connectivity index (χ3n) is 2.58. The Bertz CT molecular complexity index is 357. The van der Waals surface area contributed by atoms with Crippen molar-refractivity contribution < 1.29 is 8.78 Å². The van der Waals surface area contributed by atoms with Gasteiger partial charge in [-0.25, -0.2) is 8.78 Å². The Morgan fingerprint density at radius 1 is 1.44 bits per heavy atom. The van der Waals surface area contributed by atoms with Crippen molar-refractivity contribution in [1.82, 2.24) is 0 Å². The Labute approximate surface area is 103 Å². The van der Waals surface area contributed by atoms with Gasteiger partial charge in [-0.2, -0.15) is 0 Å². The number of nitrogens with two attached hydrogens (primary N) is 1. The van der Waals surface area contributed by atoms with Gasteiger partial charge >= 0.3 is 0 Å². The first-order chi connectivity index (χ1) is 7.50. The van der Waals surface area contributed by atoms with Gasteiger partial charge in [-0.3, -0.25) is 0 Å². The van der Waals surface area contributed by atoms with Gasteiger partial charge in [-0.15, -0.1) is 0 Å². The van der Waals surface area contributed by atoms with E-state index >= 15 is 0 Å². The Hall–Kier alpha value is -0.480. The molecule has 1 aromatic carbocycles. The van der Waals surface area contributed by atoms with Crippen LogP contribution in [-0.2, 0) is 6.42 Å². The standard InChI is InChI=1S/C12H16BrF2N/c1-2-5-12(15,8-16)7-9-6-10(14)3-4-11(9)13/h3-4,6H,2,5,7-8,16H2,1H3.